The van der Waals surface area contributed by atoms with Gasteiger partial charge in [-0.2, -0.15) is 0 Å². The van der Waals surface area contributed by atoms with Crippen LogP contribution in [-0.4, -0.2) is 30.3 Å². The van der Waals surface area contributed by atoms with Crippen molar-refractivity contribution in [1.29, 1.82) is 0 Å². The number of carbonyl (C=O) groups is 2. The molecule has 0 unspecified atom stereocenters. The highest BCUT2D eigenvalue weighted by molar-refractivity contribution is 5.73. The largest absolute Gasteiger partial charge is 0.469 e. The van der Waals surface area contributed by atoms with Gasteiger partial charge in [0.1, 0.15) is 5.60 Å². The van der Waals surface area contributed by atoms with Crippen molar-refractivity contribution in [3.63, 3.8) is 0 Å². The molecule has 3 aliphatic carbocycles. The summed E-state index contributed by atoms with van der Waals surface area (Å²) in [5.74, 6) is -0.166. The molecule has 0 aromatic heterocycles. The molecule has 3 rings (SSSR count). The lowest BCUT2D eigenvalue weighted by atomic mass is 9.38. The van der Waals surface area contributed by atoms with Crippen LogP contribution in [-0.2, 0) is 14.3 Å². The zero-order chi connectivity index (χ0) is 13.6. The van der Waals surface area contributed by atoms with Gasteiger partial charge in [0.05, 0.1) is 13.5 Å². The molecule has 3 aliphatic rings. The molecule has 0 heterocycles. The maximum Gasteiger partial charge on any atom is 0.408 e. The Kier molecular flexibility index (Phi) is 2.83. The molecule has 0 aromatic rings. The second-order valence-corrected chi connectivity index (χ2v) is 6.69. The summed E-state index contributed by atoms with van der Waals surface area (Å²) < 4.78 is 9.90. The average Bonchev–Trinajstić information content (AvgIpc) is 2.09. The summed E-state index contributed by atoms with van der Waals surface area (Å²) in [5, 5.41) is 2.92. The van der Waals surface area contributed by atoms with Crippen LogP contribution in [0, 0.1) is 5.41 Å². The Morgan fingerprint density at radius 1 is 1.22 bits per heavy atom. The van der Waals surface area contributed by atoms with Gasteiger partial charge in [-0.15, -0.1) is 0 Å². The van der Waals surface area contributed by atoms with Gasteiger partial charge in [0, 0.05) is 5.54 Å². The summed E-state index contributed by atoms with van der Waals surface area (Å²) in [4.78, 5) is 22.9. The van der Waals surface area contributed by atoms with Gasteiger partial charge < -0.3 is 14.8 Å². The molecule has 102 valence electrons. The second-order valence-electron chi connectivity index (χ2n) is 6.69. The predicted molar refractivity (Wildman–Crippen MR) is 65.0 cm³/mol. The highest BCUT2D eigenvalue weighted by Gasteiger charge is 2.69. The van der Waals surface area contributed by atoms with Crippen molar-refractivity contribution in [3.05, 3.63) is 0 Å². The van der Waals surface area contributed by atoms with Crippen molar-refractivity contribution in [2.24, 2.45) is 5.41 Å². The Hall–Kier alpha value is -1.26. The number of amides is 1. The van der Waals surface area contributed by atoms with E-state index in [0.29, 0.717) is 6.42 Å². The number of methoxy groups -OCH3 is 1. The normalized spacial score (nSPS) is 32.9. The third-order valence-corrected chi connectivity index (χ3v) is 3.65. The quantitative estimate of drug-likeness (QED) is 0.783. The van der Waals surface area contributed by atoms with Gasteiger partial charge in [0.2, 0.25) is 0 Å². The van der Waals surface area contributed by atoms with E-state index in [1.807, 2.05) is 20.8 Å². The SMILES string of the molecule is COC(=O)CC12CC(NC(=O)OC(C)(C)C)(C1)C2. The van der Waals surface area contributed by atoms with Crippen molar-refractivity contribution in [2.45, 2.75) is 57.6 Å². The molecule has 0 aromatic carbocycles. The number of esters is 1. The molecule has 5 heteroatoms. The Morgan fingerprint density at radius 3 is 2.22 bits per heavy atom. The molecule has 0 spiro atoms. The molecule has 3 saturated carbocycles. The minimum atomic E-state index is -0.475. The fraction of sp³-hybridized carbons (Fsp3) is 0.846. The van der Waals surface area contributed by atoms with Crippen molar-refractivity contribution in [1.82, 2.24) is 5.32 Å². The van der Waals surface area contributed by atoms with Gasteiger partial charge in [-0.25, -0.2) is 4.79 Å². The molecule has 5 nitrogen and oxygen atoms in total. The fourth-order valence-electron chi connectivity index (χ4n) is 3.22. The second kappa shape index (κ2) is 3.87. The zero-order valence-electron chi connectivity index (χ0n) is 11.5. The van der Waals surface area contributed by atoms with E-state index in [1.54, 1.807) is 0 Å². The third-order valence-electron chi connectivity index (χ3n) is 3.65. The fourth-order valence-corrected chi connectivity index (χ4v) is 3.22. The van der Waals surface area contributed by atoms with Gasteiger partial charge in [0.25, 0.3) is 0 Å². The summed E-state index contributed by atoms with van der Waals surface area (Å²) in [6.45, 7) is 5.52. The molecule has 1 amide bonds. The van der Waals surface area contributed by atoms with Crippen molar-refractivity contribution >= 4 is 12.1 Å². The molecule has 2 bridgehead atoms. The summed E-state index contributed by atoms with van der Waals surface area (Å²) in [7, 11) is 1.41. The number of hydrogen-bond donors (Lipinski definition) is 1. The Morgan fingerprint density at radius 2 is 1.78 bits per heavy atom. The third kappa shape index (κ3) is 2.44. The van der Waals surface area contributed by atoms with Crippen molar-refractivity contribution < 1.29 is 19.1 Å². The van der Waals surface area contributed by atoms with Crippen LogP contribution in [0.1, 0.15) is 46.5 Å². The monoisotopic (exact) mass is 255 g/mol. The van der Waals surface area contributed by atoms with Gasteiger partial charge in [0.15, 0.2) is 0 Å². The maximum absolute atomic E-state index is 11.6. The van der Waals surface area contributed by atoms with Crippen LogP contribution in [0.3, 0.4) is 0 Å². The molecule has 0 radical (unpaired) electrons. The zero-order valence-corrected chi connectivity index (χ0v) is 11.5. The van der Waals surface area contributed by atoms with E-state index in [-0.39, 0.29) is 23.0 Å². The first-order chi connectivity index (χ1) is 8.18. The number of rotatable bonds is 3. The smallest absolute Gasteiger partial charge is 0.408 e. The Labute approximate surface area is 107 Å². The van der Waals surface area contributed by atoms with Crippen LogP contribution in [0.15, 0.2) is 0 Å². The molecular weight excluding hydrogens is 234 g/mol. The number of ether oxygens (including phenoxy) is 2. The van der Waals surface area contributed by atoms with Crippen LogP contribution in [0.5, 0.6) is 0 Å². The van der Waals surface area contributed by atoms with Crippen LogP contribution >= 0.6 is 0 Å². The molecule has 0 atom stereocenters. The standard InChI is InChI=1S/C13H21NO4/c1-11(2,3)18-10(16)14-13-6-12(7-13,8-13)5-9(15)17-4/h5-8H2,1-4H3,(H,14,16). The van der Waals surface area contributed by atoms with Crippen molar-refractivity contribution in [3.8, 4) is 0 Å². The van der Waals surface area contributed by atoms with Crippen molar-refractivity contribution in [2.75, 3.05) is 7.11 Å². The van der Waals surface area contributed by atoms with Gasteiger partial charge in [-0.3, -0.25) is 4.79 Å². The van der Waals surface area contributed by atoms with Crippen LogP contribution < -0.4 is 5.32 Å². The first kappa shape index (κ1) is 13.2. The lowest BCUT2D eigenvalue weighted by Crippen LogP contribution is -2.75. The van der Waals surface area contributed by atoms with E-state index in [4.69, 9.17) is 4.74 Å². The van der Waals surface area contributed by atoms with E-state index < -0.39 is 5.60 Å². The van der Waals surface area contributed by atoms with Crippen LogP contribution in [0.2, 0.25) is 0 Å². The summed E-state index contributed by atoms with van der Waals surface area (Å²) >= 11 is 0. The van der Waals surface area contributed by atoms with Crippen LogP contribution in [0.4, 0.5) is 4.79 Å². The summed E-state index contributed by atoms with van der Waals surface area (Å²) in [6.07, 6.45) is 2.66. The first-order valence-corrected chi connectivity index (χ1v) is 6.26. The predicted octanol–water partition coefficient (Wildman–Crippen LogP) is 2.00. The van der Waals surface area contributed by atoms with E-state index >= 15 is 0 Å². The summed E-state index contributed by atoms with van der Waals surface area (Å²) in [6, 6.07) is 0. The Bertz CT molecular complexity index is 363. The molecule has 1 N–H and O–H groups in total. The molecule has 0 aliphatic heterocycles. The maximum atomic E-state index is 11.6. The average molecular weight is 255 g/mol. The molecule has 0 saturated heterocycles. The summed E-state index contributed by atoms with van der Waals surface area (Å²) in [5.41, 5.74) is -0.532. The highest BCUT2D eigenvalue weighted by Crippen LogP contribution is 2.69. The highest BCUT2D eigenvalue weighted by atomic mass is 16.6. The first-order valence-electron chi connectivity index (χ1n) is 6.26. The number of carbonyl (C=O) groups excluding carboxylic acids is 2. The van der Waals surface area contributed by atoms with Gasteiger partial charge in [-0.1, -0.05) is 0 Å². The minimum Gasteiger partial charge on any atom is -0.469 e. The number of nitrogens with one attached hydrogen (secondary N) is 1. The molecule has 18 heavy (non-hydrogen) atoms. The molecular formula is C13H21NO4. The van der Waals surface area contributed by atoms with Gasteiger partial charge in [-0.05, 0) is 45.4 Å². The van der Waals surface area contributed by atoms with E-state index in [1.165, 1.54) is 7.11 Å². The number of hydrogen-bond acceptors (Lipinski definition) is 4. The minimum absolute atomic E-state index is 0.0715. The number of alkyl carbamates (subject to hydrolysis) is 1. The topological polar surface area (TPSA) is 64.6 Å². The van der Waals surface area contributed by atoms with Crippen LogP contribution in [0.25, 0.3) is 0 Å². The van der Waals surface area contributed by atoms with Gasteiger partial charge >= 0.3 is 12.1 Å². The lowest BCUT2D eigenvalue weighted by molar-refractivity contribution is -0.176. The Balaban J connectivity index is 1.77. The van der Waals surface area contributed by atoms with E-state index in [9.17, 15) is 9.59 Å². The molecule has 3 fully saturated rings. The lowest BCUT2D eigenvalue weighted by Gasteiger charge is -2.70. The van der Waals surface area contributed by atoms with E-state index in [2.05, 4.69) is 10.1 Å². The van der Waals surface area contributed by atoms with E-state index in [0.717, 1.165) is 19.3 Å².